The lowest BCUT2D eigenvalue weighted by molar-refractivity contribution is 0.282. The number of nitrogens with zero attached hydrogens (tertiary/aromatic N) is 2. The Balaban J connectivity index is 1.80. The molecule has 1 aromatic carbocycles. The lowest BCUT2D eigenvalue weighted by Crippen LogP contribution is -2.42. The van der Waals surface area contributed by atoms with E-state index in [4.69, 9.17) is 0 Å². The van der Waals surface area contributed by atoms with E-state index in [2.05, 4.69) is 34.4 Å². The Labute approximate surface area is 132 Å². The molecule has 2 rings (SSSR count). The molecule has 0 bridgehead atoms. The van der Waals surface area contributed by atoms with Gasteiger partial charge in [-0.2, -0.15) is 0 Å². The van der Waals surface area contributed by atoms with Crippen LogP contribution in [-0.2, 0) is 6.54 Å². The van der Waals surface area contributed by atoms with Crippen molar-refractivity contribution < 1.29 is 4.39 Å². The lowest BCUT2D eigenvalue weighted by atomic mass is 10.2. The van der Waals surface area contributed by atoms with E-state index >= 15 is 0 Å². The summed E-state index contributed by atoms with van der Waals surface area (Å²) in [5.74, 6) is 0.608. The molecule has 0 saturated heterocycles. The van der Waals surface area contributed by atoms with Crippen molar-refractivity contribution in [3.05, 3.63) is 35.6 Å². The van der Waals surface area contributed by atoms with Crippen LogP contribution in [0, 0.1) is 5.82 Å². The first kappa shape index (κ1) is 16.7. The van der Waals surface area contributed by atoms with Gasteiger partial charge in [0.2, 0.25) is 0 Å². The molecule has 1 aromatic rings. The molecule has 2 N–H and O–H groups in total. The van der Waals surface area contributed by atoms with Crippen molar-refractivity contribution in [2.24, 2.45) is 4.99 Å². The monoisotopic (exact) mass is 306 g/mol. The number of guanidine groups is 1. The van der Waals surface area contributed by atoms with Crippen LogP contribution in [0.3, 0.4) is 0 Å². The summed E-state index contributed by atoms with van der Waals surface area (Å²) in [4.78, 5) is 7.06. The predicted molar refractivity (Wildman–Crippen MR) is 89.5 cm³/mol. The molecule has 0 aliphatic heterocycles. The van der Waals surface area contributed by atoms with E-state index in [9.17, 15) is 4.39 Å². The highest BCUT2D eigenvalue weighted by Gasteiger charge is 2.27. The first-order valence-electron chi connectivity index (χ1n) is 8.23. The number of nitrogens with one attached hydrogen (secondary N) is 2. The summed E-state index contributed by atoms with van der Waals surface area (Å²) in [6, 6.07) is 7.29. The van der Waals surface area contributed by atoms with E-state index in [1.807, 2.05) is 0 Å². The fourth-order valence-electron chi connectivity index (χ4n) is 2.46. The van der Waals surface area contributed by atoms with Crippen LogP contribution in [0.5, 0.6) is 0 Å². The maximum Gasteiger partial charge on any atom is 0.191 e. The summed E-state index contributed by atoms with van der Waals surface area (Å²) in [6.07, 6.45) is 2.68. The average molecular weight is 306 g/mol. The van der Waals surface area contributed by atoms with Crippen LogP contribution in [-0.4, -0.2) is 43.1 Å². The van der Waals surface area contributed by atoms with Crippen LogP contribution in [0.25, 0.3) is 0 Å². The molecule has 1 saturated carbocycles. The summed E-state index contributed by atoms with van der Waals surface area (Å²) in [6.45, 7) is 8.69. The lowest BCUT2D eigenvalue weighted by Gasteiger charge is -2.20. The first-order valence-corrected chi connectivity index (χ1v) is 8.23. The van der Waals surface area contributed by atoms with Gasteiger partial charge in [-0.3, -0.25) is 4.90 Å². The van der Waals surface area contributed by atoms with Crippen LogP contribution in [0.4, 0.5) is 4.39 Å². The second-order valence-electron chi connectivity index (χ2n) is 5.61. The Morgan fingerprint density at radius 2 is 1.95 bits per heavy atom. The first-order chi connectivity index (χ1) is 10.7. The Morgan fingerprint density at radius 1 is 1.23 bits per heavy atom. The van der Waals surface area contributed by atoms with E-state index in [0.29, 0.717) is 6.54 Å². The summed E-state index contributed by atoms with van der Waals surface area (Å²) < 4.78 is 12.9. The van der Waals surface area contributed by atoms with Gasteiger partial charge in [0, 0.05) is 25.7 Å². The zero-order valence-corrected chi connectivity index (χ0v) is 13.6. The fourth-order valence-corrected chi connectivity index (χ4v) is 2.46. The Hall–Kier alpha value is -1.62. The molecule has 0 amide bonds. The second kappa shape index (κ2) is 8.73. The number of likely N-dealkylation sites (N-methyl/N-ethyl adjacent to an activating group) is 1. The smallest absolute Gasteiger partial charge is 0.191 e. The van der Waals surface area contributed by atoms with E-state index in [0.717, 1.165) is 43.7 Å². The molecular weight excluding hydrogens is 279 g/mol. The summed E-state index contributed by atoms with van der Waals surface area (Å²) >= 11 is 0. The highest BCUT2D eigenvalue weighted by Crippen LogP contribution is 2.25. The van der Waals surface area contributed by atoms with Crippen LogP contribution in [0.1, 0.15) is 32.3 Å². The van der Waals surface area contributed by atoms with E-state index < -0.39 is 0 Å². The molecule has 1 aliphatic rings. The number of hydrogen-bond donors (Lipinski definition) is 2. The van der Waals surface area contributed by atoms with Crippen molar-refractivity contribution in [3.8, 4) is 0 Å². The second-order valence-corrected chi connectivity index (χ2v) is 5.61. The molecular formula is C17H27FN4. The number of rotatable bonds is 8. The molecule has 4 nitrogen and oxygen atoms in total. The SMILES string of the molecule is CCNC(=NCc1ccc(F)cc1)NCCN(CC)C1CC1. The zero-order chi connectivity index (χ0) is 15.8. The molecule has 22 heavy (non-hydrogen) atoms. The van der Waals surface area contributed by atoms with Crippen LogP contribution in [0.2, 0.25) is 0 Å². The maximum absolute atomic E-state index is 12.9. The fraction of sp³-hybridized carbons (Fsp3) is 0.588. The van der Waals surface area contributed by atoms with Crippen molar-refractivity contribution in [2.75, 3.05) is 26.2 Å². The average Bonchev–Trinajstić information content (AvgIpc) is 3.35. The van der Waals surface area contributed by atoms with Gasteiger partial charge in [0.05, 0.1) is 6.54 Å². The van der Waals surface area contributed by atoms with Gasteiger partial charge in [-0.15, -0.1) is 0 Å². The number of halogens is 1. The Bertz CT molecular complexity index is 468. The minimum absolute atomic E-state index is 0.211. The van der Waals surface area contributed by atoms with Crippen LogP contribution < -0.4 is 10.6 Å². The van der Waals surface area contributed by atoms with Crippen molar-refractivity contribution >= 4 is 5.96 Å². The van der Waals surface area contributed by atoms with Gasteiger partial charge >= 0.3 is 0 Å². The summed E-state index contributed by atoms with van der Waals surface area (Å²) in [7, 11) is 0. The van der Waals surface area contributed by atoms with E-state index in [1.165, 1.54) is 25.0 Å². The third-order valence-electron chi connectivity index (χ3n) is 3.84. The van der Waals surface area contributed by atoms with Crippen molar-refractivity contribution in [1.29, 1.82) is 0 Å². The van der Waals surface area contributed by atoms with Crippen molar-refractivity contribution in [3.63, 3.8) is 0 Å². The van der Waals surface area contributed by atoms with Crippen LogP contribution >= 0.6 is 0 Å². The molecule has 0 spiro atoms. The molecule has 0 heterocycles. The van der Waals surface area contributed by atoms with Crippen molar-refractivity contribution in [1.82, 2.24) is 15.5 Å². The minimum Gasteiger partial charge on any atom is -0.357 e. The van der Waals surface area contributed by atoms with Crippen molar-refractivity contribution in [2.45, 2.75) is 39.3 Å². The predicted octanol–water partition coefficient (Wildman–Crippen LogP) is 2.37. The molecule has 1 fully saturated rings. The number of hydrogen-bond acceptors (Lipinski definition) is 2. The van der Waals surface area contributed by atoms with Gasteiger partial charge in [-0.05, 0) is 44.0 Å². The standard InChI is InChI=1S/C17H27FN4/c1-3-19-17(20-11-12-22(4-2)16-9-10-16)21-13-14-5-7-15(18)8-6-14/h5-8,16H,3-4,9-13H2,1-2H3,(H2,19,20,21). The van der Waals surface area contributed by atoms with Gasteiger partial charge in [0.25, 0.3) is 0 Å². The third kappa shape index (κ3) is 5.64. The molecule has 1 aliphatic carbocycles. The van der Waals surface area contributed by atoms with E-state index in [1.54, 1.807) is 12.1 Å². The van der Waals surface area contributed by atoms with Gasteiger partial charge in [0.1, 0.15) is 5.82 Å². The number of aliphatic imine (C=N–C) groups is 1. The molecule has 0 atom stereocenters. The molecule has 0 aromatic heterocycles. The Morgan fingerprint density at radius 3 is 2.55 bits per heavy atom. The Kier molecular flexibility index (Phi) is 6.65. The number of benzene rings is 1. The third-order valence-corrected chi connectivity index (χ3v) is 3.84. The normalized spacial score (nSPS) is 15.2. The highest BCUT2D eigenvalue weighted by molar-refractivity contribution is 5.79. The minimum atomic E-state index is -0.211. The molecule has 5 heteroatoms. The van der Waals surface area contributed by atoms with E-state index in [-0.39, 0.29) is 5.82 Å². The zero-order valence-electron chi connectivity index (χ0n) is 13.6. The van der Waals surface area contributed by atoms with Gasteiger partial charge in [0.15, 0.2) is 5.96 Å². The van der Waals surface area contributed by atoms with Gasteiger partial charge in [-0.1, -0.05) is 19.1 Å². The topological polar surface area (TPSA) is 39.7 Å². The summed E-state index contributed by atoms with van der Waals surface area (Å²) in [5.41, 5.74) is 1.01. The molecule has 0 radical (unpaired) electrons. The van der Waals surface area contributed by atoms with Gasteiger partial charge in [-0.25, -0.2) is 9.38 Å². The van der Waals surface area contributed by atoms with Crippen LogP contribution in [0.15, 0.2) is 29.3 Å². The highest BCUT2D eigenvalue weighted by atomic mass is 19.1. The molecule has 0 unspecified atom stereocenters. The molecule has 122 valence electrons. The largest absolute Gasteiger partial charge is 0.357 e. The summed E-state index contributed by atoms with van der Waals surface area (Å²) in [5, 5.41) is 6.62. The quantitative estimate of drug-likeness (QED) is 0.572. The van der Waals surface area contributed by atoms with Gasteiger partial charge < -0.3 is 10.6 Å². The maximum atomic E-state index is 12.9.